The highest BCUT2D eigenvalue weighted by Crippen LogP contribution is 2.30. The lowest BCUT2D eigenvalue weighted by atomic mass is 9.85. The van der Waals surface area contributed by atoms with Gasteiger partial charge in [-0.25, -0.2) is 4.79 Å². The lowest BCUT2D eigenvalue weighted by Crippen LogP contribution is -2.51. The molecule has 1 amide bonds. The van der Waals surface area contributed by atoms with Crippen molar-refractivity contribution in [3.63, 3.8) is 0 Å². The normalized spacial score (nSPS) is 17.0. The summed E-state index contributed by atoms with van der Waals surface area (Å²) < 4.78 is 17.1. The fourth-order valence-electron chi connectivity index (χ4n) is 5.50. The molecule has 2 unspecified atom stereocenters. The molecule has 7 nitrogen and oxygen atoms in total. The van der Waals surface area contributed by atoms with E-state index in [0.29, 0.717) is 39.5 Å². The van der Waals surface area contributed by atoms with Crippen molar-refractivity contribution in [2.75, 3.05) is 33.4 Å². The largest absolute Gasteiger partial charge is 0.496 e. The first kappa shape index (κ1) is 28.5. The number of hydrogen-bond acceptors (Lipinski definition) is 5. The lowest BCUT2D eigenvalue weighted by Gasteiger charge is -2.38. The second kappa shape index (κ2) is 14.0. The van der Waals surface area contributed by atoms with Crippen LogP contribution in [0.1, 0.15) is 35.4 Å². The van der Waals surface area contributed by atoms with E-state index in [1.54, 1.807) is 7.11 Å². The lowest BCUT2D eigenvalue weighted by molar-refractivity contribution is 0.105. The monoisotopic (exact) mass is 554 g/mol. The molecule has 1 aliphatic rings. The van der Waals surface area contributed by atoms with Gasteiger partial charge in [-0.15, -0.1) is 0 Å². The van der Waals surface area contributed by atoms with Crippen molar-refractivity contribution >= 4 is 16.9 Å². The van der Waals surface area contributed by atoms with Crippen molar-refractivity contribution in [3.8, 4) is 11.5 Å². The highest BCUT2D eigenvalue weighted by atomic mass is 16.5. The van der Waals surface area contributed by atoms with Gasteiger partial charge in [0.05, 0.1) is 26.9 Å². The molecule has 5 rings (SSSR count). The van der Waals surface area contributed by atoms with E-state index in [4.69, 9.17) is 14.2 Å². The van der Waals surface area contributed by atoms with Crippen LogP contribution in [0.5, 0.6) is 11.5 Å². The van der Waals surface area contributed by atoms with Crippen molar-refractivity contribution in [1.82, 2.24) is 10.2 Å². The molecule has 4 aromatic rings. The number of piperidine rings is 1. The molecule has 7 heteroatoms. The highest BCUT2D eigenvalue weighted by molar-refractivity contribution is 5.83. The number of carbonyl (C=O) groups is 1. The SMILES string of the molecule is COc1ccccc1COCCCOc1ccc(C2CCN(C(=O)O)CC2NCc2ccc3ccccc3c2)cc1. The van der Waals surface area contributed by atoms with Gasteiger partial charge in [-0.2, -0.15) is 0 Å². The highest BCUT2D eigenvalue weighted by Gasteiger charge is 2.32. The molecule has 0 radical (unpaired) electrons. The molecular weight excluding hydrogens is 516 g/mol. The van der Waals surface area contributed by atoms with Crippen LogP contribution in [-0.4, -0.2) is 55.6 Å². The Balaban J connectivity index is 1.13. The molecule has 1 saturated heterocycles. The van der Waals surface area contributed by atoms with Gasteiger partial charge in [0, 0.05) is 43.6 Å². The minimum atomic E-state index is -0.864. The molecule has 0 bridgehead atoms. The van der Waals surface area contributed by atoms with E-state index in [1.807, 2.05) is 48.5 Å². The van der Waals surface area contributed by atoms with Gasteiger partial charge in [0.1, 0.15) is 11.5 Å². The van der Waals surface area contributed by atoms with E-state index in [9.17, 15) is 9.90 Å². The summed E-state index contributed by atoms with van der Waals surface area (Å²) in [5.41, 5.74) is 3.41. The molecule has 41 heavy (non-hydrogen) atoms. The minimum Gasteiger partial charge on any atom is -0.496 e. The molecular formula is C34H38N2O5. The standard InChI is InChI=1S/C34H38N2O5/c1-39-33-10-5-4-9-29(33)24-40-19-6-20-41-30-15-13-27(14-16-30)31-17-18-36(34(37)38)23-32(31)35-22-25-11-12-26-7-2-3-8-28(26)21-25/h2-5,7-16,21,31-32,35H,6,17-20,22-24H2,1H3,(H,37,38). The minimum absolute atomic E-state index is 0.0125. The van der Waals surface area contributed by atoms with Crippen LogP contribution in [0.25, 0.3) is 10.8 Å². The Bertz CT molecular complexity index is 1420. The van der Waals surface area contributed by atoms with Gasteiger partial charge in [0.25, 0.3) is 0 Å². The molecule has 0 aliphatic carbocycles. The van der Waals surface area contributed by atoms with Crippen molar-refractivity contribution in [2.24, 2.45) is 0 Å². The van der Waals surface area contributed by atoms with Crippen LogP contribution in [0.15, 0.2) is 91.0 Å². The number of nitrogens with one attached hydrogen (secondary N) is 1. The molecule has 0 saturated carbocycles. The first-order valence-electron chi connectivity index (χ1n) is 14.2. The van der Waals surface area contributed by atoms with E-state index < -0.39 is 6.09 Å². The van der Waals surface area contributed by atoms with Crippen molar-refractivity contribution in [2.45, 2.75) is 38.0 Å². The zero-order valence-corrected chi connectivity index (χ0v) is 23.5. The fourth-order valence-corrected chi connectivity index (χ4v) is 5.50. The molecule has 1 heterocycles. The third-order valence-electron chi connectivity index (χ3n) is 7.73. The first-order valence-corrected chi connectivity index (χ1v) is 14.2. The Hall–Kier alpha value is -4.07. The van der Waals surface area contributed by atoms with Crippen LogP contribution < -0.4 is 14.8 Å². The second-order valence-electron chi connectivity index (χ2n) is 10.4. The summed E-state index contributed by atoms with van der Waals surface area (Å²) in [6.45, 7) is 3.35. The maximum absolute atomic E-state index is 11.7. The molecule has 2 atom stereocenters. The van der Waals surface area contributed by atoms with Crippen LogP contribution >= 0.6 is 0 Å². The molecule has 0 spiro atoms. The molecule has 214 valence electrons. The Morgan fingerprint density at radius 1 is 0.951 bits per heavy atom. The number of fused-ring (bicyclic) bond motifs is 1. The molecule has 4 aromatic carbocycles. The maximum Gasteiger partial charge on any atom is 0.407 e. The van der Waals surface area contributed by atoms with Crippen LogP contribution in [0.4, 0.5) is 4.79 Å². The van der Waals surface area contributed by atoms with Crippen LogP contribution in [0.2, 0.25) is 0 Å². The summed E-state index contributed by atoms with van der Waals surface area (Å²) >= 11 is 0. The van der Waals surface area contributed by atoms with Crippen LogP contribution in [0.3, 0.4) is 0 Å². The predicted octanol–water partition coefficient (Wildman–Crippen LogP) is 6.46. The van der Waals surface area contributed by atoms with Crippen LogP contribution in [-0.2, 0) is 17.9 Å². The number of rotatable bonds is 12. The predicted molar refractivity (Wildman–Crippen MR) is 161 cm³/mol. The van der Waals surface area contributed by atoms with E-state index in [-0.39, 0.29) is 12.0 Å². The third kappa shape index (κ3) is 7.57. The Kier molecular flexibility index (Phi) is 9.73. The number of amides is 1. The number of benzene rings is 4. The Morgan fingerprint density at radius 2 is 1.73 bits per heavy atom. The van der Waals surface area contributed by atoms with Gasteiger partial charge in [-0.1, -0.05) is 66.7 Å². The number of hydrogen-bond donors (Lipinski definition) is 2. The van der Waals surface area contributed by atoms with Crippen LogP contribution in [0, 0.1) is 0 Å². The van der Waals surface area contributed by atoms with Gasteiger partial charge in [-0.3, -0.25) is 0 Å². The summed E-state index contributed by atoms with van der Waals surface area (Å²) in [7, 11) is 1.67. The summed E-state index contributed by atoms with van der Waals surface area (Å²) in [5, 5.41) is 15.7. The van der Waals surface area contributed by atoms with Gasteiger partial charge in [0.15, 0.2) is 0 Å². The van der Waals surface area contributed by atoms with E-state index in [1.165, 1.54) is 26.8 Å². The zero-order chi connectivity index (χ0) is 28.4. The quantitative estimate of drug-likeness (QED) is 0.196. The first-order chi connectivity index (χ1) is 20.1. The number of carboxylic acid groups (broad SMARTS) is 1. The summed E-state index contributed by atoms with van der Waals surface area (Å²) in [6, 6.07) is 30.9. The van der Waals surface area contributed by atoms with Gasteiger partial charge < -0.3 is 29.5 Å². The van der Waals surface area contributed by atoms with Gasteiger partial charge in [0.2, 0.25) is 0 Å². The Labute approximate surface area is 241 Å². The van der Waals surface area contributed by atoms with Crippen molar-refractivity contribution in [3.05, 3.63) is 108 Å². The average Bonchev–Trinajstić information content (AvgIpc) is 3.02. The molecule has 0 aromatic heterocycles. The molecule has 2 N–H and O–H groups in total. The van der Waals surface area contributed by atoms with E-state index in [0.717, 1.165) is 29.9 Å². The number of nitrogens with zero attached hydrogens (tertiary/aromatic N) is 1. The number of ether oxygens (including phenoxy) is 3. The number of likely N-dealkylation sites (tertiary alicyclic amines) is 1. The van der Waals surface area contributed by atoms with E-state index >= 15 is 0 Å². The third-order valence-corrected chi connectivity index (χ3v) is 7.73. The summed E-state index contributed by atoms with van der Waals surface area (Å²) in [4.78, 5) is 13.3. The van der Waals surface area contributed by atoms with E-state index in [2.05, 4.69) is 47.8 Å². The Morgan fingerprint density at radius 3 is 2.54 bits per heavy atom. The smallest absolute Gasteiger partial charge is 0.407 e. The maximum atomic E-state index is 11.7. The average molecular weight is 555 g/mol. The number of para-hydroxylation sites is 1. The van der Waals surface area contributed by atoms with Crippen molar-refractivity contribution < 1.29 is 24.1 Å². The summed E-state index contributed by atoms with van der Waals surface area (Å²) in [6.07, 6.45) is 0.688. The fraction of sp³-hybridized carbons (Fsp3) is 0.324. The van der Waals surface area contributed by atoms with Gasteiger partial charge in [-0.05, 0) is 52.6 Å². The number of methoxy groups -OCH3 is 1. The molecule has 1 aliphatic heterocycles. The zero-order valence-electron chi connectivity index (χ0n) is 23.5. The molecule has 1 fully saturated rings. The van der Waals surface area contributed by atoms with Crippen molar-refractivity contribution in [1.29, 1.82) is 0 Å². The summed E-state index contributed by atoms with van der Waals surface area (Å²) in [5.74, 6) is 1.87. The van der Waals surface area contributed by atoms with Gasteiger partial charge >= 0.3 is 6.09 Å². The topological polar surface area (TPSA) is 80.3 Å². The second-order valence-corrected chi connectivity index (χ2v) is 10.4.